The monoisotopic (exact) mass is 372 g/mol. The van der Waals surface area contributed by atoms with Crippen molar-refractivity contribution in [2.24, 2.45) is 5.92 Å². The molecule has 0 fully saturated rings. The normalized spacial score (nSPS) is 26.7. The van der Waals surface area contributed by atoms with E-state index in [-0.39, 0.29) is 22.1 Å². The quantitative estimate of drug-likeness (QED) is 0.523. The van der Waals surface area contributed by atoms with Crippen molar-refractivity contribution in [1.29, 1.82) is 0 Å². The summed E-state index contributed by atoms with van der Waals surface area (Å²) in [6, 6.07) is 0. The second-order valence-electron chi connectivity index (χ2n) is 10.3. The first kappa shape index (κ1) is 22.1. The molecule has 0 aromatic heterocycles. The average Bonchev–Trinajstić information content (AvgIpc) is 2.34. The van der Waals surface area contributed by atoms with Gasteiger partial charge in [0.25, 0.3) is 0 Å². The first-order valence-corrected chi connectivity index (χ1v) is 15.1. The highest BCUT2D eigenvalue weighted by atomic mass is 28.4. The van der Waals surface area contributed by atoms with Gasteiger partial charge >= 0.3 is 0 Å². The van der Waals surface area contributed by atoms with Gasteiger partial charge in [0, 0.05) is 18.9 Å². The first-order valence-electron chi connectivity index (χ1n) is 9.25. The van der Waals surface area contributed by atoms with Crippen LogP contribution in [-0.2, 0) is 8.85 Å². The van der Waals surface area contributed by atoms with Crippen LogP contribution in [0.2, 0.25) is 36.3 Å². The molecule has 0 amide bonds. The third kappa shape index (κ3) is 5.53. The molecule has 3 unspecified atom stereocenters. The number of aliphatic hydroxyl groups is 1. The molecule has 0 aliphatic heterocycles. The minimum atomic E-state index is -1.86. The van der Waals surface area contributed by atoms with E-state index in [2.05, 4.69) is 73.8 Å². The average molecular weight is 373 g/mol. The van der Waals surface area contributed by atoms with E-state index in [1.54, 1.807) is 0 Å². The molecule has 1 N–H and O–H groups in total. The number of aliphatic hydroxyl groups excluding tert-OH is 1. The van der Waals surface area contributed by atoms with E-state index in [9.17, 15) is 5.11 Å². The maximum Gasteiger partial charge on any atom is 0.192 e. The summed E-state index contributed by atoms with van der Waals surface area (Å²) in [5.41, 5.74) is 0. The van der Waals surface area contributed by atoms with Crippen molar-refractivity contribution in [3.63, 3.8) is 0 Å². The lowest BCUT2D eigenvalue weighted by Gasteiger charge is -2.43. The predicted molar refractivity (Wildman–Crippen MR) is 108 cm³/mol. The molecule has 0 saturated heterocycles. The van der Waals surface area contributed by atoms with Gasteiger partial charge in [-0.2, -0.15) is 0 Å². The molecule has 142 valence electrons. The molecule has 0 saturated carbocycles. The third-order valence-corrected chi connectivity index (χ3v) is 15.2. The lowest BCUT2D eigenvalue weighted by Crippen LogP contribution is -2.49. The lowest BCUT2D eigenvalue weighted by molar-refractivity contribution is 0.0519. The summed E-state index contributed by atoms with van der Waals surface area (Å²) in [5, 5.41) is 10.5. The summed E-state index contributed by atoms with van der Waals surface area (Å²) in [6.07, 6.45) is 4.35. The highest BCUT2D eigenvalue weighted by molar-refractivity contribution is 6.74. The highest BCUT2D eigenvalue weighted by Gasteiger charge is 2.43. The molecule has 0 aromatic carbocycles. The molecule has 1 aliphatic carbocycles. The van der Waals surface area contributed by atoms with Gasteiger partial charge in [-0.3, -0.25) is 0 Å². The van der Waals surface area contributed by atoms with Gasteiger partial charge in [-0.1, -0.05) is 53.7 Å². The Morgan fingerprint density at radius 3 is 1.88 bits per heavy atom. The van der Waals surface area contributed by atoms with Crippen LogP contribution in [-0.4, -0.2) is 40.6 Å². The number of hydrogen-bond acceptors (Lipinski definition) is 3. The third-order valence-electron chi connectivity index (χ3n) is 6.23. The fourth-order valence-corrected chi connectivity index (χ4v) is 4.68. The van der Waals surface area contributed by atoms with Crippen LogP contribution in [0.5, 0.6) is 0 Å². The van der Waals surface area contributed by atoms with Crippen molar-refractivity contribution < 1.29 is 14.0 Å². The molecular formula is C19H40O3Si2. The summed E-state index contributed by atoms with van der Waals surface area (Å²) in [7, 11) is -3.64. The zero-order valence-electron chi connectivity index (χ0n) is 17.6. The zero-order valence-corrected chi connectivity index (χ0v) is 19.6. The van der Waals surface area contributed by atoms with Crippen LogP contribution in [0, 0.1) is 5.92 Å². The first-order chi connectivity index (χ1) is 10.6. The smallest absolute Gasteiger partial charge is 0.192 e. The molecule has 24 heavy (non-hydrogen) atoms. The highest BCUT2D eigenvalue weighted by Crippen LogP contribution is 2.40. The van der Waals surface area contributed by atoms with Crippen LogP contribution in [0.1, 0.15) is 48.0 Å². The zero-order chi connectivity index (χ0) is 19.0. The van der Waals surface area contributed by atoms with Crippen LogP contribution < -0.4 is 0 Å². The van der Waals surface area contributed by atoms with Crippen molar-refractivity contribution in [3.05, 3.63) is 12.2 Å². The van der Waals surface area contributed by atoms with Crippen LogP contribution >= 0.6 is 0 Å². The number of hydrogen-bond donors (Lipinski definition) is 1. The Hall–Kier alpha value is 0.0538. The van der Waals surface area contributed by atoms with Gasteiger partial charge in [0.2, 0.25) is 0 Å². The molecule has 5 heteroatoms. The molecular weight excluding hydrogens is 332 g/mol. The molecule has 0 heterocycles. The molecule has 1 aliphatic rings. The van der Waals surface area contributed by atoms with E-state index in [1.165, 1.54) is 0 Å². The van der Waals surface area contributed by atoms with E-state index in [0.29, 0.717) is 13.0 Å². The summed E-state index contributed by atoms with van der Waals surface area (Å²) in [5.74, 6) is 0.233. The number of rotatable bonds is 5. The van der Waals surface area contributed by atoms with Crippen LogP contribution in [0.4, 0.5) is 0 Å². The molecule has 3 atom stereocenters. The predicted octanol–water partition coefficient (Wildman–Crippen LogP) is 5.34. The van der Waals surface area contributed by atoms with Crippen molar-refractivity contribution in [3.8, 4) is 0 Å². The Morgan fingerprint density at radius 2 is 1.42 bits per heavy atom. The maximum absolute atomic E-state index is 10.1. The molecule has 0 radical (unpaired) electrons. The van der Waals surface area contributed by atoms with Crippen molar-refractivity contribution >= 4 is 16.6 Å². The van der Waals surface area contributed by atoms with Gasteiger partial charge in [0.1, 0.15) is 0 Å². The van der Waals surface area contributed by atoms with Gasteiger partial charge in [-0.05, 0) is 36.3 Å². The Balaban J connectivity index is 2.85. The van der Waals surface area contributed by atoms with Crippen molar-refractivity contribution in [2.75, 3.05) is 6.61 Å². The summed E-state index contributed by atoms with van der Waals surface area (Å²) >= 11 is 0. The summed E-state index contributed by atoms with van der Waals surface area (Å²) in [4.78, 5) is 0. The Kier molecular flexibility index (Phi) is 6.77. The minimum Gasteiger partial charge on any atom is -0.416 e. The van der Waals surface area contributed by atoms with E-state index in [1.807, 2.05) is 6.08 Å². The van der Waals surface area contributed by atoms with Gasteiger partial charge in [-0.25, -0.2) is 0 Å². The summed E-state index contributed by atoms with van der Waals surface area (Å²) < 4.78 is 13.1. The van der Waals surface area contributed by atoms with Gasteiger partial charge in [-0.15, -0.1) is 0 Å². The Labute approximate surface area is 152 Å². The SMILES string of the molecule is CC(C)(C)[Si](C)(C)OCC1C=CC(O)CC1O[Si](C)(C)C(C)(C)C. The van der Waals surface area contributed by atoms with Gasteiger partial charge < -0.3 is 14.0 Å². The molecule has 0 aromatic rings. The minimum absolute atomic E-state index is 0.0515. The second-order valence-corrected chi connectivity index (χ2v) is 19.9. The Morgan fingerprint density at radius 1 is 0.917 bits per heavy atom. The molecule has 1 rings (SSSR count). The van der Waals surface area contributed by atoms with E-state index < -0.39 is 22.7 Å². The largest absolute Gasteiger partial charge is 0.416 e. The van der Waals surface area contributed by atoms with E-state index in [4.69, 9.17) is 8.85 Å². The van der Waals surface area contributed by atoms with Crippen LogP contribution in [0.25, 0.3) is 0 Å². The molecule has 0 bridgehead atoms. The Bertz CT molecular complexity index is 445. The molecule has 3 nitrogen and oxygen atoms in total. The van der Waals surface area contributed by atoms with Crippen molar-refractivity contribution in [1.82, 2.24) is 0 Å². The fourth-order valence-electron chi connectivity index (χ4n) is 2.26. The topological polar surface area (TPSA) is 38.7 Å². The van der Waals surface area contributed by atoms with Gasteiger partial charge in [0.05, 0.1) is 12.2 Å². The van der Waals surface area contributed by atoms with Gasteiger partial charge in [0.15, 0.2) is 16.6 Å². The lowest BCUT2D eigenvalue weighted by atomic mass is 9.92. The fraction of sp³-hybridized carbons (Fsp3) is 0.895. The molecule has 0 spiro atoms. The van der Waals surface area contributed by atoms with E-state index in [0.717, 1.165) is 0 Å². The summed E-state index contributed by atoms with van der Waals surface area (Å²) in [6.45, 7) is 23.4. The second kappa shape index (κ2) is 7.35. The van der Waals surface area contributed by atoms with Crippen LogP contribution in [0.3, 0.4) is 0 Å². The van der Waals surface area contributed by atoms with Crippen LogP contribution in [0.15, 0.2) is 12.2 Å². The van der Waals surface area contributed by atoms with Crippen molar-refractivity contribution in [2.45, 2.75) is 96.4 Å². The van der Waals surface area contributed by atoms with E-state index >= 15 is 0 Å². The standard InChI is InChI=1S/C19H40O3Si2/c1-18(2,3)23(7,8)21-14-15-11-12-16(20)13-17(15)22-24(9,10)19(4,5)6/h11-12,15-17,20H,13-14H2,1-10H3. The maximum atomic E-state index is 10.1.